The molecular formula is C22H27NO5. The largest absolute Gasteiger partial charge is 0.494 e. The highest BCUT2D eigenvalue weighted by atomic mass is 16.5. The molecule has 0 spiro atoms. The van der Waals surface area contributed by atoms with Crippen LogP contribution in [0.25, 0.3) is 0 Å². The number of rotatable bonds is 11. The van der Waals surface area contributed by atoms with Gasteiger partial charge in [-0.25, -0.2) is 0 Å². The molecule has 0 saturated heterocycles. The summed E-state index contributed by atoms with van der Waals surface area (Å²) in [6.07, 6.45) is 2.54. The van der Waals surface area contributed by atoms with E-state index < -0.39 is 0 Å². The van der Waals surface area contributed by atoms with Gasteiger partial charge < -0.3 is 24.3 Å². The summed E-state index contributed by atoms with van der Waals surface area (Å²) in [5.74, 6) is 1.98. The van der Waals surface area contributed by atoms with Crippen molar-refractivity contribution in [2.75, 3.05) is 32.2 Å². The predicted molar refractivity (Wildman–Crippen MR) is 110 cm³/mol. The highest BCUT2D eigenvalue weighted by Crippen LogP contribution is 2.30. The van der Waals surface area contributed by atoms with Crippen molar-refractivity contribution in [2.45, 2.75) is 20.3 Å². The van der Waals surface area contributed by atoms with Gasteiger partial charge in [0.15, 0.2) is 18.1 Å². The molecule has 28 heavy (non-hydrogen) atoms. The Morgan fingerprint density at radius 2 is 1.75 bits per heavy atom. The van der Waals surface area contributed by atoms with Crippen molar-refractivity contribution in [3.05, 3.63) is 54.6 Å². The Balaban J connectivity index is 2.06. The molecule has 6 heteroatoms. The number of ether oxygens (including phenoxy) is 4. The van der Waals surface area contributed by atoms with Crippen molar-refractivity contribution >= 4 is 11.6 Å². The minimum Gasteiger partial charge on any atom is -0.494 e. The first-order valence-corrected chi connectivity index (χ1v) is 9.21. The summed E-state index contributed by atoms with van der Waals surface area (Å²) in [6, 6.07) is 10.9. The van der Waals surface area contributed by atoms with Crippen LogP contribution in [0, 0.1) is 0 Å². The Bertz CT molecular complexity index is 804. The third-order valence-corrected chi connectivity index (χ3v) is 3.80. The first-order valence-electron chi connectivity index (χ1n) is 9.21. The summed E-state index contributed by atoms with van der Waals surface area (Å²) in [5.41, 5.74) is 1.59. The van der Waals surface area contributed by atoms with E-state index in [1.165, 1.54) is 0 Å². The summed E-state index contributed by atoms with van der Waals surface area (Å²) in [6.45, 7) is 8.37. The van der Waals surface area contributed by atoms with Gasteiger partial charge in [0.1, 0.15) is 11.5 Å². The fourth-order valence-corrected chi connectivity index (χ4v) is 2.60. The average Bonchev–Trinajstić information content (AvgIpc) is 2.69. The molecule has 0 aliphatic rings. The zero-order valence-corrected chi connectivity index (χ0v) is 16.6. The summed E-state index contributed by atoms with van der Waals surface area (Å²) < 4.78 is 22.0. The van der Waals surface area contributed by atoms with E-state index >= 15 is 0 Å². The van der Waals surface area contributed by atoms with E-state index in [0.717, 1.165) is 12.0 Å². The Kier molecular flexibility index (Phi) is 8.21. The van der Waals surface area contributed by atoms with Crippen LogP contribution in [0.1, 0.15) is 19.4 Å². The van der Waals surface area contributed by atoms with Gasteiger partial charge >= 0.3 is 0 Å². The number of benzene rings is 2. The molecule has 0 heterocycles. The standard InChI is InChI=1S/C22H27NO5/c1-5-8-16-9-11-20(21(13-16)25-4)28-15-22(24)23-18-14-17(26-6-2)10-12-19(18)27-7-3/h5,9-14H,1,6-8,15H2,2-4H3,(H,23,24). The van der Waals surface area contributed by atoms with Crippen molar-refractivity contribution in [2.24, 2.45) is 0 Å². The number of nitrogens with one attached hydrogen (secondary N) is 1. The lowest BCUT2D eigenvalue weighted by Gasteiger charge is -2.15. The van der Waals surface area contributed by atoms with Gasteiger partial charge in [-0.3, -0.25) is 4.79 Å². The third kappa shape index (κ3) is 5.94. The van der Waals surface area contributed by atoms with Crippen LogP contribution in [0.4, 0.5) is 5.69 Å². The SMILES string of the molecule is C=CCc1ccc(OCC(=O)Nc2cc(OCC)ccc2OCC)c(OC)c1. The van der Waals surface area contributed by atoms with Gasteiger partial charge in [-0.2, -0.15) is 0 Å². The topological polar surface area (TPSA) is 66.0 Å². The summed E-state index contributed by atoms with van der Waals surface area (Å²) in [7, 11) is 1.56. The maximum absolute atomic E-state index is 12.4. The van der Waals surface area contributed by atoms with Crippen molar-refractivity contribution in [3.8, 4) is 23.0 Å². The van der Waals surface area contributed by atoms with Crippen LogP contribution in [-0.4, -0.2) is 32.8 Å². The second-order valence-electron chi connectivity index (χ2n) is 5.84. The number of carbonyl (C=O) groups excluding carboxylic acids is 1. The van der Waals surface area contributed by atoms with Crippen LogP contribution >= 0.6 is 0 Å². The molecule has 1 amide bonds. The van der Waals surface area contributed by atoms with Gasteiger partial charge in [-0.05, 0) is 50.1 Å². The first-order chi connectivity index (χ1) is 13.6. The molecule has 0 aromatic heterocycles. The Labute approximate surface area is 166 Å². The summed E-state index contributed by atoms with van der Waals surface area (Å²) >= 11 is 0. The molecular weight excluding hydrogens is 358 g/mol. The number of allylic oxidation sites excluding steroid dienone is 1. The van der Waals surface area contributed by atoms with Gasteiger partial charge in [0, 0.05) is 6.07 Å². The van der Waals surface area contributed by atoms with Crippen molar-refractivity contribution in [1.82, 2.24) is 0 Å². The molecule has 0 radical (unpaired) electrons. The molecule has 0 bridgehead atoms. The normalized spacial score (nSPS) is 10.1. The molecule has 0 aliphatic carbocycles. The summed E-state index contributed by atoms with van der Waals surface area (Å²) in [4.78, 5) is 12.4. The lowest BCUT2D eigenvalue weighted by Crippen LogP contribution is -2.21. The zero-order valence-electron chi connectivity index (χ0n) is 16.6. The van der Waals surface area contributed by atoms with E-state index in [1.54, 1.807) is 31.4 Å². The number of amides is 1. The van der Waals surface area contributed by atoms with Crippen molar-refractivity contribution in [1.29, 1.82) is 0 Å². The molecule has 0 saturated carbocycles. The molecule has 1 N–H and O–H groups in total. The van der Waals surface area contributed by atoms with Crippen LogP contribution in [0.5, 0.6) is 23.0 Å². The fourth-order valence-electron chi connectivity index (χ4n) is 2.60. The van der Waals surface area contributed by atoms with Crippen LogP contribution < -0.4 is 24.3 Å². The maximum Gasteiger partial charge on any atom is 0.262 e. The van der Waals surface area contributed by atoms with E-state index in [0.29, 0.717) is 41.9 Å². The number of hydrogen-bond acceptors (Lipinski definition) is 5. The monoisotopic (exact) mass is 385 g/mol. The number of carbonyl (C=O) groups is 1. The van der Waals surface area contributed by atoms with Crippen LogP contribution in [0.2, 0.25) is 0 Å². The fraction of sp³-hybridized carbons (Fsp3) is 0.318. The molecule has 0 unspecified atom stereocenters. The van der Waals surface area contributed by atoms with E-state index in [2.05, 4.69) is 11.9 Å². The molecule has 0 fully saturated rings. The maximum atomic E-state index is 12.4. The van der Waals surface area contributed by atoms with Crippen LogP contribution in [-0.2, 0) is 11.2 Å². The van der Waals surface area contributed by atoms with Gasteiger partial charge in [-0.1, -0.05) is 12.1 Å². The highest BCUT2D eigenvalue weighted by molar-refractivity contribution is 5.93. The van der Waals surface area contributed by atoms with Crippen LogP contribution in [0.3, 0.4) is 0 Å². The highest BCUT2D eigenvalue weighted by Gasteiger charge is 2.12. The molecule has 2 aromatic carbocycles. The molecule has 6 nitrogen and oxygen atoms in total. The smallest absolute Gasteiger partial charge is 0.262 e. The minimum absolute atomic E-state index is 0.165. The van der Waals surface area contributed by atoms with E-state index in [4.69, 9.17) is 18.9 Å². The third-order valence-electron chi connectivity index (χ3n) is 3.80. The minimum atomic E-state index is -0.313. The van der Waals surface area contributed by atoms with Gasteiger partial charge in [0.25, 0.3) is 5.91 Å². The number of hydrogen-bond donors (Lipinski definition) is 1. The second kappa shape index (κ2) is 10.9. The Hall–Kier alpha value is -3.15. The van der Waals surface area contributed by atoms with Gasteiger partial charge in [0.05, 0.1) is 26.0 Å². The van der Waals surface area contributed by atoms with Crippen molar-refractivity contribution in [3.63, 3.8) is 0 Å². The Morgan fingerprint density at radius 3 is 2.43 bits per heavy atom. The quantitative estimate of drug-likeness (QED) is 0.586. The van der Waals surface area contributed by atoms with Crippen molar-refractivity contribution < 1.29 is 23.7 Å². The average molecular weight is 385 g/mol. The van der Waals surface area contributed by atoms with E-state index in [9.17, 15) is 4.79 Å². The van der Waals surface area contributed by atoms with E-state index in [-0.39, 0.29) is 12.5 Å². The number of anilines is 1. The molecule has 0 aliphatic heterocycles. The second-order valence-corrected chi connectivity index (χ2v) is 5.84. The molecule has 2 rings (SSSR count). The van der Waals surface area contributed by atoms with Gasteiger partial charge in [-0.15, -0.1) is 6.58 Å². The van der Waals surface area contributed by atoms with Crippen LogP contribution in [0.15, 0.2) is 49.1 Å². The molecule has 0 atom stereocenters. The molecule has 150 valence electrons. The molecule has 2 aromatic rings. The van der Waals surface area contributed by atoms with E-state index in [1.807, 2.05) is 32.1 Å². The predicted octanol–water partition coefficient (Wildman–Crippen LogP) is 4.24. The number of methoxy groups -OCH3 is 1. The first kappa shape index (κ1) is 21.2. The van der Waals surface area contributed by atoms with Gasteiger partial charge in [0.2, 0.25) is 0 Å². The Morgan fingerprint density at radius 1 is 1.00 bits per heavy atom. The zero-order chi connectivity index (χ0) is 20.4. The lowest BCUT2D eigenvalue weighted by molar-refractivity contribution is -0.118. The lowest BCUT2D eigenvalue weighted by atomic mass is 10.1. The summed E-state index contributed by atoms with van der Waals surface area (Å²) in [5, 5.41) is 2.81.